The van der Waals surface area contributed by atoms with Crippen LogP contribution in [-0.2, 0) is 4.74 Å². The van der Waals surface area contributed by atoms with E-state index < -0.39 is 11.2 Å². The molecule has 1 aromatic heterocycles. The van der Waals surface area contributed by atoms with E-state index in [-0.39, 0.29) is 30.4 Å². The Morgan fingerprint density at radius 3 is 2.55 bits per heavy atom. The van der Waals surface area contributed by atoms with Gasteiger partial charge in [-0.05, 0) is 101 Å². The summed E-state index contributed by atoms with van der Waals surface area (Å²) in [6, 6.07) is 7.57. The van der Waals surface area contributed by atoms with Gasteiger partial charge >= 0.3 is 6.09 Å². The van der Waals surface area contributed by atoms with Gasteiger partial charge < -0.3 is 34.7 Å². The number of pyridine rings is 1. The van der Waals surface area contributed by atoms with Crippen molar-refractivity contribution in [2.75, 3.05) is 26.4 Å². The maximum absolute atomic E-state index is 13.1. The van der Waals surface area contributed by atoms with E-state index >= 15 is 0 Å². The van der Waals surface area contributed by atoms with Crippen molar-refractivity contribution in [3.8, 4) is 22.6 Å². The number of likely N-dealkylation sites (tertiary alicyclic amines) is 1. The molecular formula is C30H40N4O6. The molecule has 10 heteroatoms. The molecule has 40 heavy (non-hydrogen) atoms. The number of fused-ring (bicyclic) bond motifs is 1. The SMILES string of the molecule is CC(C)(C)OC(=O)N1CCCC(CNC2CCC(NC(=O)c3cc(-c4ccc5c(c4)OCO5)c[nH]c3=O)CC2)C1. The largest absolute Gasteiger partial charge is 0.454 e. The molecule has 216 valence electrons. The highest BCUT2D eigenvalue weighted by molar-refractivity contribution is 5.95. The lowest BCUT2D eigenvalue weighted by Gasteiger charge is -2.36. The van der Waals surface area contributed by atoms with E-state index in [0.717, 1.165) is 62.7 Å². The zero-order chi connectivity index (χ0) is 28.3. The summed E-state index contributed by atoms with van der Waals surface area (Å²) in [4.78, 5) is 42.5. The maximum Gasteiger partial charge on any atom is 0.410 e. The summed E-state index contributed by atoms with van der Waals surface area (Å²) in [5, 5.41) is 6.76. The van der Waals surface area contributed by atoms with Crippen LogP contribution in [0.1, 0.15) is 69.7 Å². The smallest absolute Gasteiger partial charge is 0.410 e. The van der Waals surface area contributed by atoms with Gasteiger partial charge in [0.15, 0.2) is 11.5 Å². The molecule has 1 unspecified atom stereocenters. The molecule has 3 N–H and O–H groups in total. The first-order chi connectivity index (χ1) is 19.1. The summed E-state index contributed by atoms with van der Waals surface area (Å²) in [7, 11) is 0. The molecular weight excluding hydrogens is 512 g/mol. The number of aromatic amines is 1. The van der Waals surface area contributed by atoms with Crippen LogP contribution in [0, 0.1) is 5.92 Å². The molecule has 2 fully saturated rings. The lowest BCUT2D eigenvalue weighted by Crippen LogP contribution is -2.47. The maximum atomic E-state index is 13.1. The number of nitrogens with one attached hydrogen (secondary N) is 3. The third-order valence-electron chi connectivity index (χ3n) is 7.78. The van der Waals surface area contributed by atoms with Crippen LogP contribution in [0.5, 0.6) is 11.5 Å². The number of H-pyrrole nitrogens is 1. The minimum Gasteiger partial charge on any atom is -0.454 e. The van der Waals surface area contributed by atoms with Crippen LogP contribution in [0.2, 0.25) is 0 Å². The van der Waals surface area contributed by atoms with Gasteiger partial charge in [-0.25, -0.2) is 4.79 Å². The van der Waals surface area contributed by atoms with Crippen LogP contribution in [0.25, 0.3) is 11.1 Å². The molecule has 1 saturated carbocycles. The van der Waals surface area contributed by atoms with E-state index in [1.165, 1.54) is 0 Å². The summed E-state index contributed by atoms with van der Waals surface area (Å²) in [5.74, 6) is 1.37. The highest BCUT2D eigenvalue weighted by Gasteiger charge is 2.29. The summed E-state index contributed by atoms with van der Waals surface area (Å²) in [5.41, 5.74) is 0.754. The van der Waals surface area contributed by atoms with Crippen LogP contribution in [-0.4, -0.2) is 66.0 Å². The number of hydrogen-bond acceptors (Lipinski definition) is 7. The minimum atomic E-state index is -0.486. The molecule has 1 aromatic carbocycles. The van der Waals surface area contributed by atoms with Crippen molar-refractivity contribution in [1.82, 2.24) is 20.5 Å². The molecule has 3 aliphatic rings. The number of aromatic nitrogens is 1. The Bertz CT molecular complexity index is 1280. The van der Waals surface area contributed by atoms with Crippen molar-refractivity contribution in [2.24, 2.45) is 5.92 Å². The number of carbonyl (C=O) groups is 2. The number of ether oxygens (including phenoxy) is 3. The number of nitrogens with zero attached hydrogens (tertiary/aromatic N) is 1. The number of amides is 2. The normalized spacial score (nSPS) is 22.6. The Hall–Kier alpha value is -3.53. The molecule has 10 nitrogen and oxygen atoms in total. The first-order valence-electron chi connectivity index (χ1n) is 14.3. The molecule has 1 aliphatic carbocycles. The summed E-state index contributed by atoms with van der Waals surface area (Å²) in [6.07, 6.45) is 7.04. The molecule has 2 amide bonds. The number of piperidine rings is 1. The number of hydrogen-bond donors (Lipinski definition) is 3. The van der Waals surface area contributed by atoms with E-state index in [4.69, 9.17) is 14.2 Å². The van der Waals surface area contributed by atoms with Crippen molar-refractivity contribution >= 4 is 12.0 Å². The van der Waals surface area contributed by atoms with Gasteiger partial charge in [-0.1, -0.05) is 6.07 Å². The number of benzene rings is 1. The lowest BCUT2D eigenvalue weighted by molar-refractivity contribution is 0.0164. The molecule has 0 radical (unpaired) electrons. The van der Waals surface area contributed by atoms with Gasteiger partial charge in [0, 0.05) is 31.4 Å². The Morgan fingerprint density at radius 2 is 1.77 bits per heavy atom. The van der Waals surface area contributed by atoms with E-state index in [1.807, 2.05) is 43.9 Å². The Morgan fingerprint density at radius 1 is 1.02 bits per heavy atom. The average Bonchev–Trinajstić information content (AvgIpc) is 3.40. The van der Waals surface area contributed by atoms with Gasteiger partial charge in [0.1, 0.15) is 11.2 Å². The molecule has 1 atom stereocenters. The van der Waals surface area contributed by atoms with E-state index in [9.17, 15) is 14.4 Å². The highest BCUT2D eigenvalue weighted by atomic mass is 16.7. The van der Waals surface area contributed by atoms with Crippen LogP contribution in [0.15, 0.2) is 35.3 Å². The van der Waals surface area contributed by atoms with Gasteiger partial charge in [0.05, 0.1) is 0 Å². The van der Waals surface area contributed by atoms with Gasteiger partial charge in [0.25, 0.3) is 11.5 Å². The van der Waals surface area contributed by atoms with Gasteiger partial charge in [-0.2, -0.15) is 0 Å². The second-order valence-electron chi connectivity index (χ2n) is 12.1. The molecule has 2 aromatic rings. The van der Waals surface area contributed by atoms with E-state index in [2.05, 4.69) is 15.6 Å². The van der Waals surface area contributed by atoms with Gasteiger partial charge in [0.2, 0.25) is 6.79 Å². The van der Waals surface area contributed by atoms with Crippen molar-refractivity contribution in [3.63, 3.8) is 0 Å². The summed E-state index contributed by atoms with van der Waals surface area (Å²) in [6.45, 7) is 8.19. The second kappa shape index (κ2) is 11.9. The van der Waals surface area contributed by atoms with Crippen LogP contribution >= 0.6 is 0 Å². The molecule has 2 aliphatic heterocycles. The van der Waals surface area contributed by atoms with Crippen LogP contribution < -0.4 is 25.7 Å². The fraction of sp³-hybridized carbons (Fsp3) is 0.567. The zero-order valence-corrected chi connectivity index (χ0v) is 23.6. The number of rotatable bonds is 6. The Labute approximate surface area is 234 Å². The standard InChI is InChI=1S/C30H40N4O6/c1-30(2,3)40-29(37)34-12-4-5-19(17-34)15-31-22-7-9-23(10-8-22)33-28(36)24-13-21(16-32-27(24)35)20-6-11-25-26(14-20)39-18-38-25/h6,11,13-14,16,19,22-23,31H,4-5,7-10,12,15,17-18H2,1-3H3,(H,32,35)(H,33,36). The fourth-order valence-corrected chi connectivity index (χ4v) is 5.66. The van der Waals surface area contributed by atoms with Crippen molar-refractivity contribution < 1.29 is 23.8 Å². The van der Waals surface area contributed by atoms with E-state index in [0.29, 0.717) is 30.0 Å². The lowest BCUT2D eigenvalue weighted by atomic mass is 9.90. The topological polar surface area (TPSA) is 122 Å². The first kappa shape index (κ1) is 28.0. The third kappa shape index (κ3) is 6.96. The predicted octanol–water partition coefficient (Wildman–Crippen LogP) is 4.05. The third-order valence-corrected chi connectivity index (χ3v) is 7.78. The first-order valence-corrected chi connectivity index (χ1v) is 14.3. The Balaban J connectivity index is 1.09. The summed E-state index contributed by atoms with van der Waals surface area (Å²) >= 11 is 0. The van der Waals surface area contributed by atoms with Gasteiger partial charge in [-0.3, -0.25) is 9.59 Å². The number of carbonyl (C=O) groups excluding carboxylic acids is 2. The van der Waals surface area contributed by atoms with Crippen LogP contribution in [0.4, 0.5) is 4.79 Å². The second-order valence-corrected chi connectivity index (χ2v) is 12.1. The minimum absolute atomic E-state index is 0.0245. The molecule has 0 bridgehead atoms. The molecule has 1 saturated heterocycles. The highest BCUT2D eigenvalue weighted by Crippen LogP contribution is 2.35. The van der Waals surface area contributed by atoms with Crippen molar-refractivity contribution in [2.45, 2.75) is 77.0 Å². The average molecular weight is 553 g/mol. The van der Waals surface area contributed by atoms with E-state index in [1.54, 1.807) is 12.3 Å². The Kier molecular flexibility index (Phi) is 8.35. The van der Waals surface area contributed by atoms with Gasteiger partial charge in [-0.15, -0.1) is 0 Å². The zero-order valence-electron chi connectivity index (χ0n) is 23.6. The fourth-order valence-electron chi connectivity index (χ4n) is 5.66. The van der Waals surface area contributed by atoms with Crippen molar-refractivity contribution in [1.29, 1.82) is 0 Å². The summed E-state index contributed by atoms with van der Waals surface area (Å²) < 4.78 is 16.4. The van der Waals surface area contributed by atoms with Crippen molar-refractivity contribution in [3.05, 3.63) is 46.4 Å². The monoisotopic (exact) mass is 552 g/mol. The molecule has 5 rings (SSSR count). The predicted molar refractivity (Wildman–Crippen MR) is 151 cm³/mol. The van der Waals surface area contributed by atoms with Crippen LogP contribution in [0.3, 0.4) is 0 Å². The molecule has 0 spiro atoms. The molecule has 3 heterocycles. The quantitative estimate of drug-likeness (QED) is 0.494.